The highest BCUT2D eigenvalue weighted by Crippen LogP contribution is 2.16. The van der Waals surface area contributed by atoms with Gasteiger partial charge >= 0.3 is 0 Å². The van der Waals surface area contributed by atoms with Crippen LogP contribution in [-0.4, -0.2) is 43.8 Å². The number of hydrogen-bond acceptors (Lipinski definition) is 5. The van der Waals surface area contributed by atoms with Crippen molar-refractivity contribution in [3.63, 3.8) is 0 Å². The standard InChI is InChI=1S/C9H14N2O4/c1-5(13)9-10-4-6(11-9)8(15)7(14)2-3-12/h4,7-8,12,14-15H,2-3H2,1H3,(H,10,11)/t7-,8-/m0/s1. The quantitative estimate of drug-likeness (QED) is 0.489. The number of aromatic amines is 1. The van der Waals surface area contributed by atoms with Crippen molar-refractivity contribution in [2.75, 3.05) is 6.61 Å². The Labute approximate surface area is 86.6 Å². The molecule has 0 bridgehead atoms. The number of aliphatic hydroxyl groups is 3. The number of aliphatic hydroxyl groups excluding tert-OH is 3. The molecule has 0 aliphatic heterocycles. The third-order valence-corrected chi connectivity index (χ3v) is 2.04. The predicted molar refractivity (Wildman–Crippen MR) is 51.3 cm³/mol. The smallest absolute Gasteiger partial charge is 0.194 e. The molecular weight excluding hydrogens is 200 g/mol. The number of carbonyl (C=O) groups excluding carboxylic acids is 1. The Hall–Kier alpha value is -1.24. The fraction of sp³-hybridized carbons (Fsp3) is 0.556. The monoisotopic (exact) mass is 214 g/mol. The summed E-state index contributed by atoms with van der Waals surface area (Å²) in [6.45, 7) is 1.13. The summed E-state index contributed by atoms with van der Waals surface area (Å²) < 4.78 is 0. The normalized spacial score (nSPS) is 14.9. The van der Waals surface area contributed by atoms with Crippen LogP contribution in [0.2, 0.25) is 0 Å². The lowest BCUT2D eigenvalue weighted by molar-refractivity contribution is 0.00208. The summed E-state index contributed by atoms with van der Waals surface area (Å²) in [5, 5.41) is 27.5. The van der Waals surface area contributed by atoms with Gasteiger partial charge in [-0.25, -0.2) is 4.98 Å². The van der Waals surface area contributed by atoms with Crippen molar-refractivity contribution in [3.8, 4) is 0 Å². The molecule has 0 aliphatic rings. The van der Waals surface area contributed by atoms with Gasteiger partial charge in [0.2, 0.25) is 0 Å². The molecule has 15 heavy (non-hydrogen) atoms. The highest BCUT2D eigenvalue weighted by atomic mass is 16.3. The largest absolute Gasteiger partial charge is 0.396 e. The molecule has 1 rings (SSSR count). The fourth-order valence-corrected chi connectivity index (χ4v) is 1.16. The Kier molecular flexibility index (Phi) is 3.96. The fourth-order valence-electron chi connectivity index (χ4n) is 1.16. The van der Waals surface area contributed by atoms with E-state index in [4.69, 9.17) is 5.11 Å². The van der Waals surface area contributed by atoms with Crippen LogP contribution < -0.4 is 0 Å². The number of H-pyrrole nitrogens is 1. The maximum Gasteiger partial charge on any atom is 0.194 e. The van der Waals surface area contributed by atoms with Crippen LogP contribution in [-0.2, 0) is 0 Å². The van der Waals surface area contributed by atoms with Gasteiger partial charge in [0.25, 0.3) is 0 Å². The minimum Gasteiger partial charge on any atom is -0.396 e. The van der Waals surface area contributed by atoms with Crippen LogP contribution in [0.15, 0.2) is 6.20 Å². The van der Waals surface area contributed by atoms with Crippen LogP contribution in [0, 0.1) is 0 Å². The topological polar surface area (TPSA) is 106 Å². The minimum atomic E-state index is -1.17. The summed E-state index contributed by atoms with van der Waals surface area (Å²) in [5.74, 6) is -0.106. The number of hydrogen-bond donors (Lipinski definition) is 4. The van der Waals surface area contributed by atoms with E-state index in [2.05, 4.69) is 9.97 Å². The Bertz CT molecular complexity index is 337. The lowest BCUT2D eigenvalue weighted by Crippen LogP contribution is -2.19. The molecule has 1 heterocycles. The van der Waals surface area contributed by atoms with E-state index >= 15 is 0 Å². The Balaban J connectivity index is 2.73. The first-order valence-corrected chi connectivity index (χ1v) is 4.59. The van der Waals surface area contributed by atoms with Crippen molar-refractivity contribution in [2.24, 2.45) is 0 Å². The molecule has 6 heteroatoms. The number of nitrogens with zero attached hydrogens (tertiary/aromatic N) is 1. The van der Waals surface area contributed by atoms with E-state index < -0.39 is 12.2 Å². The average Bonchev–Trinajstić information content (AvgIpc) is 2.65. The summed E-state index contributed by atoms with van der Waals surface area (Å²) in [5.41, 5.74) is 0.265. The van der Waals surface area contributed by atoms with Gasteiger partial charge in [0, 0.05) is 13.5 Å². The highest BCUT2D eigenvalue weighted by molar-refractivity contribution is 5.90. The van der Waals surface area contributed by atoms with Gasteiger partial charge in [0.1, 0.15) is 6.10 Å². The van der Waals surface area contributed by atoms with Crippen molar-refractivity contribution in [3.05, 3.63) is 17.7 Å². The molecule has 0 aromatic carbocycles. The van der Waals surface area contributed by atoms with Crippen LogP contribution in [0.1, 0.15) is 35.8 Å². The number of imidazole rings is 1. The van der Waals surface area contributed by atoms with Crippen molar-refractivity contribution >= 4 is 5.78 Å². The molecule has 0 aliphatic carbocycles. The molecule has 0 fully saturated rings. The lowest BCUT2D eigenvalue weighted by Gasteiger charge is -2.14. The predicted octanol–water partition coefficient (Wildman–Crippen LogP) is -0.611. The maximum atomic E-state index is 10.9. The van der Waals surface area contributed by atoms with Gasteiger partial charge in [0.05, 0.1) is 18.0 Å². The Morgan fingerprint density at radius 3 is 2.73 bits per heavy atom. The molecule has 0 saturated carbocycles. The van der Waals surface area contributed by atoms with Gasteiger partial charge in [-0.2, -0.15) is 0 Å². The van der Waals surface area contributed by atoms with E-state index in [1.807, 2.05) is 0 Å². The van der Waals surface area contributed by atoms with Crippen molar-refractivity contribution in [1.82, 2.24) is 9.97 Å². The van der Waals surface area contributed by atoms with Crippen LogP contribution >= 0.6 is 0 Å². The zero-order chi connectivity index (χ0) is 11.4. The molecule has 2 atom stereocenters. The summed E-state index contributed by atoms with van der Waals surface area (Å²) >= 11 is 0. The molecular formula is C9H14N2O4. The molecule has 6 nitrogen and oxygen atoms in total. The van der Waals surface area contributed by atoms with E-state index in [-0.39, 0.29) is 30.3 Å². The third kappa shape index (κ3) is 2.85. The van der Waals surface area contributed by atoms with E-state index in [1.54, 1.807) is 0 Å². The molecule has 0 amide bonds. The second-order valence-electron chi connectivity index (χ2n) is 3.27. The average molecular weight is 214 g/mol. The number of ketones is 1. The second kappa shape index (κ2) is 5.01. The van der Waals surface area contributed by atoms with E-state index in [0.29, 0.717) is 0 Å². The summed E-state index contributed by atoms with van der Waals surface area (Å²) in [7, 11) is 0. The first-order chi connectivity index (χ1) is 7.06. The van der Waals surface area contributed by atoms with E-state index in [1.165, 1.54) is 13.1 Å². The number of carbonyl (C=O) groups is 1. The molecule has 0 radical (unpaired) electrons. The summed E-state index contributed by atoms with van der Waals surface area (Å²) in [6.07, 6.45) is -0.884. The minimum absolute atomic E-state index is 0.0651. The van der Waals surface area contributed by atoms with Gasteiger partial charge in [0.15, 0.2) is 11.6 Å². The van der Waals surface area contributed by atoms with Crippen LogP contribution in [0.3, 0.4) is 0 Å². The van der Waals surface area contributed by atoms with Gasteiger partial charge in [-0.3, -0.25) is 4.79 Å². The number of rotatable bonds is 5. The van der Waals surface area contributed by atoms with Gasteiger partial charge in [-0.15, -0.1) is 0 Å². The molecule has 84 valence electrons. The van der Waals surface area contributed by atoms with Crippen LogP contribution in [0.5, 0.6) is 0 Å². The molecule has 0 saturated heterocycles. The van der Waals surface area contributed by atoms with Crippen LogP contribution in [0.4, 0.5) is 0 Å². The SMILES string of the molecule is CC(=O)c1ncc([C@H](O)[C@@H](O)CCO)[nH]1. The molecule has 1 aromatic rings. The zero-order valence-corrected chi connectivity index (χ0v) is 8.34. The van der Waals surface area contributed by atoms with Gasteiger partial charge in [-0.05, 0) is 6.42 Å². The maximum absolute atomic E-state index is 10.9. The Morgan fingerprint density at radius 1 is 1.60 bits per heavy atom. The summed E-state index contributed by atoms with van der Waals surface area (Å²) in [4.78, 5) is 17.2. The summed E-state index contributed by atoms with van der Waals surface area (Å²) in [6, 6.07) is 0. The van der Waals surface area contributed by atoms with Crippen molar-refractivity contribution < 1.29 is 20.1 Å². The van der Waals surface area contributed by atoms with Crippen molar-refractivity contribution in [2.45, 2.75) is 25.6 Å². The second-order valence-corrected chi connectivity index (χ2v) is 3.27. The number of nitrogens with one attached hydrogen (secondary N) is 1. The third-order valence-electron chi connectivity index (χ3n) is 2.04. The first kappa shape index (κ1) is 11.8. The van der Waals surface area contributed by atoms with Crippen LogP contribution in [0.25, 0.3) is 0 Å². The van der Waals surface area contributed by atoms with Gasteiger partial charge < -0.3 is 20.3 Å². The number of Topliss-reactive ketones (excluding diaryl/α,β-unsaturated/α-hetero) is 1. The van der Waals surface area contributed by atoms with E-state index in [0.717, 1.165) is 0 Å². The molecule has 0 spiro atoms. The lowest BCUT2D eigenvalue weighted by atomic mass is 10.1. The number of aromatic nitrogens is 2. The molecule has 0 unspecified atom stereocenters. The molecule has 1 aromatic heterocycles. The zero-order valence-electron chi connectivity index (χ0n) is 8.34. The van der Waals surface area contributed by atoms with E-state index in [9.17, 15) is 15.0 Å². The highest BCUT2D eigenvalue weighted by Gasteiger charge is 2.20. The molecule has 4 N–H and O–H groups in total. The van der Waals surface area contributed by atoms with Crippen molar-refractivity contribution in [1.29, 1.82) is 0 Å². The van der Waals surface area contributed by atoms with Gasteiger partial charge in [-0.1, -0.05) is 0 Å². The first-order valence-electron chi connectivity index (χ1n) is 4.59. The Morgan fingerprint density at radius 2 is 2.27 bits per heavy atom.